The summed E-state index contributed by atoms with van der Waals surface area (Å²) in [6.45, 7) is 2.69. The molecule has 22 heavy (non-hydrogen) atoms. The Morgan fingerprint density at radius 1 is 1.32 bits per heavy atom. The molecule has 4 rings (SSSR count). The van der Waals surface area contributed by atoms with Crippen LogP contribution < -0.4 is 5.49 Å². The summed E-state index contributed by atoms with van der Waals surface area (Å²) in [5.74, 6) is 0. The van der Waals surface area contributed by atoms with Gasteiger partial charge < -0.3 is 9.47 Å². The van der Waals surface area contributed by atoms with Gasteiger partial charge >= 0.3 is 0 Å². The van der Waals surface area contributed by atoms with Gasteiger partial charge in [-0.2, -0.15) is 0 Å². The molecule has 0 saturated carbocycles. The molecule has 1 aliphatic rings. The quantitative estimate of drug-likeness (QED) is 0.787. The molecule has 0 aliphatic carbocycles. The topological polar surface area (TPSA) is 57.8 Å². The lowest BCUT2D eigenvalue weighted by Crippen LogP contribution is -2.27. The van der Waals surface area contributed by atoms with Crippen LogP contribution in [0.4, 0.5) is 0 Å². The highest BCUT2D eigenvalue weighted by molar-refractivity contribution is 7.18. The minimum atomic E-state index is 0.573. The van der Waals surface area contributed by atoms with Gasteiger partial charge in [0.1, 0.15) is 10.3 Å². The standard InChI is InChI=1S/C16H17N5S/c1-20-7-4-12-13(9-20)22-16-14(12)15(17)21(10-19-16)8-11-2-5-18-6-3-11/h2-3,5-6,10,17H,4,7-9H2,1H3. The summed E-state index contributed by atoms with van der Waals surface area (Å²) in [6.07, 6.45) is 6.37. The number of aromatic nitrogens is 3. The monoisotopic (exact) mass is 311 g/mol. The number of likely N-dealkylation sites (N-methyl/N-ethyl adjacent to an activating group) is 1. The lowest BCUT2D eigenvalue weighted by molar-refractivity contribution is 0.318. The van der Waals surface area contributed by atoms with Gasteiger partial charge in [-0.25, -0.2) is 4.98 Å². The van der Waals surface area contributed by atoms with Gasteiger partial charge in [0.25, 0.3) is 0 Å². The van der Waals surface area contributed by atoms with E-state index in [0.29, 0.717) is 12.0 Å². The maximum Gasteiger partial charge on any atom is 0.136 e. The van der Waals surface area contributed by atoms with E-state index >= 15 is 0 Å². The molecule has 1 aliphatic heterocycles. The van der Waals surface area contributed by atoms with Crippen molar-refractivity contribution in [2.24, 2.45) is 0 Å². The average molecular weight is 311 g/mol. The molecular weight excluding hydrogens is 294 g/mol. The molecule has 0 saturated heterocycles. The first kappa shape index (κ1) is 13.6. The Balaban J connectivity index is 1.82. The third-order valence-corrected chi connectivity index (χ3v) is 5.29. The molecule has 3 aromatic rings. The van der Waals surface area contributed by atoms with Gasteiger partial charge in [-0.05, 0) is 36.7 Å². The zero-order valence-electron chi connectivity index (χ0n) is 12.4. The summed E-state index contributed by atoms with van der Waals surface area (Å²) in [7, 11) is 2.14. The van der Waals surface area contributed by atoms with Crippen LogP contribution in [0.25, 0.3) is 10.2 Å². The van der Waals surface area contributed by atoms with E-state index < -0.39 is 0 Å². The number of hydrogen-bond acceptors (Lipinski definition) is 5. The summed E-state index contributed by atoms with van der Waals surface area (Å²) in [5, 5.41) is 9.64. The highest BCUT2D eigenvalue weighted by Crippen LogP contribution is 2.31. The zero-order chi connectivity index (χ0) is 15.1. The van der Waals surface area contributed by atoms with Crippen molar-refractivity contribution in [2.75, 3.05) is 13.6 Å². The van der Waals surface area contributed by atoms with Gasteiger partial charge in [-0.1, -0.05) is 0 Å². The van der Waals surface area contributed by atoms with Crippen LogP contribution in [0.5, 0.6) is 0 Å². The van der Waals surface area contributed by atoms with Gasteiger partial charge in [0.05, 0.1) is 18.3 Å². The molecule has 112 valence electrons. The van der Waals surface area contributed by atoms with Gasteiger partial charge in [-0.15, -0.1) is 11.3 Å². The molecule has 0 fully saturated rings. The lowest BCUT2D eigenvalue weighted by Gasteiger charge is -2.22. The van der Waals surface area contributed by atoms with E-state index in [1.165, 1.54) is 10.4 Å². The van der Waals surface area contributed by atoms with Gasteiger partial charge in [-0.3, -0.25) is 10.4 Å². The molecule has 3 aromatic heterocycles. The van der Waals surface area contributed by atoms with Gasteiger partial charge in [0.2, 0.25) is 0 Å². The zero-order valence-corrected chi connectivity index (χ0v) is 13.2. The Morgan fingerprint density at radius 3 is 2.95 bits per heavy atom. The molecule has 0 bridgehead atoms. The van der Waals surface area contributed by atoms with Crippen LogP contribution in [-0.4, -0.2) is 33.0 Å². The number of pyridine rings is 1. The van der Waals surface area contributed by atoms with E-state index in [2.05, 4.69) is 21.9 Å². The van der Waals surface area contributed by atoms with Gasteiger partial charge in [0.15, 0.2) is 0 Å². The van der Waals surface area contributed by atoms with E-state index in [1.807, 2.05) is 16.7 Å². The molecule has 5 nitrogen and oxygen atoms in total. The first-order chi connectivity index (χ1) is 10.7. The van der Waals surface area contributed by atoms with Gasteiger partial charge in [0, 0.05) is 30.4 Å². The Labute approximate surface area is 132 Å². The molecule has 4 heterocycles. The number of rotatable bonds is 2. The second-order valence-electron chi connectivity index (χ2n) is 5.75. The van der Waals surface area contributed by atoms with Crippen molar-refractivity contribution in [1.82, 2.24) is 19.4 Å². The van der Waals surface area contributed by atoms with E-state index in [1.54, 1.807) is 30.1 Å². The Kier molecular flexibility index (Phi) is 3.28. The minimum absolute atomic E-state index is 0.573. The maximum atomic E-state index is 8.60. The van der Waals surface area contributed by atoms with Crippen molar-refractivity contribution in [3.8, 4) is 0 Å². The first-order valence-corrected chi connectivity index (χ1v) is 8.16. The second-order valence-corrected chi connectivity index (χ2v) is 6.83. The SMILES string of the molecule is CN1CCc2c(sc3ncn(Cc4ccncc4)c(=N)c23)C1. The minimum Gasteiger partial charge on any atom is -0.312 e. The van der Waals surface area contributed by atoms with Crippen molar-refractivity contribution >= 4 is 21.6 Å². The normalized spacial score (nSPS) is 15.1. The number of nitrogens with one attached hydrogen (secondary N) is 1. The highest BCUT2D eigenvalue weighted by Gasteiger charge is 2.21. The van der Waals surface area contributed by atoms with Crippen LogP contribution in [0, 0.1) is 5.41 Å². The van der Waals surface area contributed by atoms with Crippen molar-refractivity contribution in [1.29, 1.82) is 5.41 Å². The molecule has 0 aromatic carbocycles. The highest BCUT2D eigenvalue weighted by atomic mass is 32.1. The van der Waals surface area contributed by atoms with Crippen molar-refractivity contribution in [2.45, 2.75) is 19.5 Å². The van der Waals surface area contributed by atoms with Crippen molar-refractivity contribution < 1.29 is 0 Å². The smallest absolute Gasteiger partial charge is 0.136 e. The third kappa shape index (κ3) is 2.24. The summed E-state index contributed by atoms with van der Waals surface area (Å²) in [5.41, 5.74) is 3.04. The summed E-state index contributed by atoms with van der Waals surface area (Å²) >= 11 is 1.74. The number of nitrogens with zero attached hydrogens (tertiary/aromatic N) is 4. The van der Waals surface area contributed by atoms with Crippen LogP contribution in [0.1, 0.15) is 16.0 Å². The van der Waals surface area contributed by atoms with E-state index in [4.69, 9.17) is 5.41 Å². The van der Waals surface area contributed by atoms with Crippen LogP contribution in [0.3, 0.4) is 0 Å². The average Bonchev–Trinajstić information content (AvgIpc) is 2.89. The fraction of sp³-hybridized carbons (Fsp3) is 0.312. The van der Waals surface area contributed by atoms with Crippen LogP contribution in [0.2, 0.25) is 0 Å². The Bertz CT molecular complexity index is 881. The van der Waals surface area contributed by atoms with E-state index in [0.717, 1.165) is 35.3 Å². The first-order valence-electron chi connectivity index (χ1n) is 7.34. The number of hydrogen-bond donors (Lipinski definition) is 1. The molecule has 0 atom stereocenters. The molecule has 0 amide bonds. The fourth-order valence-electron chi connectivity index (χ4n) is 2.98. The van der Waals surface area contributed by atoms with Crippen LogP contribution in [0.15, 0.2) is 30.9 Å². The summed E-state index contributed by atoms with van der Waals surface area (Å²) in [4.78, 5) is 13.3. The summed E-state index contributed by atoms with van der Waals surface area (Å²) < 4.78 is 1.92. The van der Waals surface area contributed by atoms with E-state index in [9.17, 15) is 0 Å². The molecule has 6 heteroatoms. The Hall–Kier alpha value is -2.05. The van der Waals surface area contributed by atoms with E-state index in [-0.39, 0.29) is 0 Å². The predicted molar refractivity (Wildman–Crippen MR) is 86.8 cm³/mol. The molecule has 0 spiro atoms. The number of fused-ring (bicyclic) bond motifs is 3. The van der Waals surface area contributed by atoms with Crippen LogP contribution in [-0.2, 0) is 19.5 Å². The van der Waals surface area contributed by atoms with Crippen LogP contribution >= 0.6 is 11.3 Å². The summed E-state index contributed by atoms with van der Waals surface area (Å²) in [6, 6.07) is 3.96. The lowest BCUT2D eigenvalue weighted by atomic mass is 10.1. The molecular formula is C16H17N5S. The predicted octanol–water partition coefficient (Wildman–Crippen LogP) is 2.01. The molecule has 1 N–H and O–H groups in total. The molecule has 0 unspecified atom stereocenters. The van der Waals surface area contributed by atoms with Crippen molar-refractivity contribution in [3.63, 3.8) is 0 Å². The fourth-order valence-corrected chi connectivity index (χ4v) is 4.25. The number of thiophene rings is 1. The molecule has 0 radical (unpaired) electrons. The second kappa shape index (κ2) is 5.30. The Morgan fingerprint density at radius 2 is 2.14 bits per heavy atom. The maximum absolute atomic E-state index is 8.60. The van der Waals surface area contributed by atoms with Crippen molar-refractivity contribution in [3.05, 3.63) is 52.3 Å². The largest absolute Gasteiger partial charge is 0.312 e. The third-order valence-electron chi connectivity index (χ3n) is 4.17.